The summed E-state index contributed by atoms with van der Waals surface area (Å²) in [5, 5.41) is 8.48. The summed E-state index contributed by atoms with van der Waals surface area (Å²) in [4.78, 5) is 3.16. The van der Waals surface area contributed by atoms with E-state index >= 15 is 0 Å². The SMILES string of the molecule is CC.Cc1cc(C(F)(F)F)nc(Cl)c1CO. The average Bonchev–Trinajstić information content (AvgIpc) is 2.19. The first-order chi connectivity index (χ1) is 7.36. The lowest BCUT2D eigenvalue weighted by Crippen LogP contribution is -2.10. The normalized spacial score (nSPS) is 10.8. The fraction of sp³-hybridized carbons (Fsp3) is 0.500. The smallest absolute Gasteiger partial charge is 0.392 e. The van der Waals surface area contributed by atoms with Gasteiger partial charge in [0.05, 0.1) is 6.61 Å². The highest BCUT2D eigenvalue weighted by molar-refractivity contribution is 6.30. The Kier molecular flexibility index (Phi) is 5.75. The van der Waals surface area contributed by atoms with Gasteiger partial charge >= 0.3 is 6.18 Å². The first kappa shape index (κ1) is 15.2. The number of aliphatic hydroxyl groups excluding tert-OH is 1. The number of rotatable bonds is 1. The van der Waals surface area contributed by atoms with E-state index in [4.69, 9.17) is 16.7 Å². The molecule has 0 amide bonds. The zero-order chi connectivity index (χ0) is 12.9. The molecule has 0 radical (unpaired) electrons. The average molecular weight is 256 g/mol. The van der Waals surface area contributed by atoms with Crippen LogP contribution in [0.2, 0.25) is 5.15 Å². The van der Waals surface area contributed by atoms with Crippen LogP contribution in [0.25, 0.3) is 0 Å². The van der Waals surface area contributed by atoms with Gasteiger partial charge in [-0.3, -0.25) is 0 Å². The Labute approximate surface area is 97.1 Å². The minimum atomic E-state index is -4.51. The number of nitrogens with zero attached hydrogens (tertiary/aromatic N) is 1. The molecule has 0 atom stereocenters. The Morgan fingerprint density at radius 2 is 1.88 bits per heavy atom. The predicted octanol–water partition coefficient (Wildman–Crippen LogP) is 3.58. The summed E-state index contributed by atoms with van der Waals surface area (Å²) in [6.07, 6.45) is -4.51. The Morgan fingerprint density at radius 1 is 1.38 bits per heavy atom. The molecule has 0 aliphatic carbocycles. The zero-order valence-corrected chi connectivity index (χ0v) is 9.95. The van der Waals surface area contributed by atoms with E-state index in [1.165, 1.54) is 6.92 Å². The van der Waals surface area contributed by atoms with Crippen molar-refractivity contribution in [3.05, 3.63) is 28.0 Å². The molecule has 0 unspecified atom stereocenters. The maximum atomic E-state index is 12.2. The first-order valence-corrected chi connectivity index (χ1v) is 5.08. The first-order valence-electron chi connectivity index (χ1n) is 4.70. The van der Waals surface area contributed by atoms with E-state index in [9.17, 15) is 13.2 Å². The molecule has 92 valence electrons. The second-order valence-corrected chi connectivity index (χ2v) is 3.11. The largest absolute Gasteiger partial charge is 0.433 e. The topological polar surface area (TPSA) is 33.1 Å². The molecule has 1 rings (SSSR count). The van der Waals surface area contributed by atoms with Gasteiger partial charge in [0.15, 0.2) is 0 Å². The van der Waals surface area contributed by atoms with E-state index in [1.54, 1.807) is 0 Å². The maximum Gasteiger partial charge on any atom is 0.433 e. The molecule has 0 aliphatic rings. The van der Waals surface area contributed by atoms with Crippen LogP contribution >= 0.6 is 11.6 Å². The molecule has 0 saturated carbocycles. The van der Waals surface area contributed by atoms with Gasteiger partial charge in [-0.2, -0.15) is 13.2 Å². The lowest BCUT2D eigenvalue weighted by atomic mass is 10.1. The van der Waals surface area contributed by atoms with E-state index in [-0.39, 0.29) is 16.3 Å². The van der Waals surface area contributed by atoms with Crippen molar-refractivity contribution in [2.45, 2.75) is 33.6 Å². The Bertz CT molecular complexity index is 329. The Hall–Kier alpha value is -0.810. The number of pyridine rings is 1. The molecule has 1 aromatic heterocycles. The zero-order valence-electron chi connectivity index (χ0n) is 9.19. The van der Waals surface area contributed by atoms with E-state index in [1.807, 2.05) is 13.8 Å². The molecule has 16 heavy (non-hydrogen) atoms. The summed E-state index contributed by atoms with van der Waals surface area (Å²) in [6, 6.07) is 0.859. The Balaban J connectivity index is 0.00000106. The quantitative estimate of drug-likeness (QED) is 0.778. The third-order valence-corrected chi connectivity index (χ3v) is 2.06. The van der Waals surface area contributed by atoms with Gasteiger partial charge in [0.1, 0.15) is 10.8 Å². The van der Waals surface area contributed by atoms with Crippen LogP contribution in [-0.4, -0.2) is 10.1 Å². The van der Waals surface area contributed by atoms with Crippen molar-refractivity contribution in [1.29, 1.82) is 0 Å². The lowest BCUT2D eigenvalue weighted by molar-refractivity contribution is -0.141. The van der Waals surface area contributed by atoms with Crippen LogP contribution in [0.5, 0.6) is 0 Å². The Morgan fingerprint density at radius 3 is 2.19 bits per heavy atom. The van der Waals surface area contributed by atoms with Gasteiger partial charge < -0.3 is 5.11 Å². The van der Waals surface area contributed by atoms with Crippen LogP contribution in [0.15, 0.2) is 6.07 Å². The van der Waals surface area contributed by atoms with E-state index in [0.29, 0.717) is 0 Å². The van der Waals surface area contributed by atoms with Crippen LogP contribution in [0, 0.1) is 6.92 Å². The number of aliphatic hydroxyl groups is 1. The number of hydrogen-bond acceptors (Lipinski definition) is 2. The molecule has 2 nitrogen and oxygen atoms in total. The van der Waals surface area contributed by atoms with Crippen molar-refractivity contribution < 1.29 is 18.3 Å². The van der Waals surface area contributed by atoms with Gasteiger partial charge in [0, 0.05) is 5.56 Å². The van der Waals surface area contributed by atoms with Crippen molar-refractivity contribution in [2.24, 2.45) is 0 Å². The fourth-order valence-electron chi connectivity index (χ4n) is 0.996. The van der Waals surface area contributed by atoms with Crippen LogP contribution in [0.3, 0.4) is 0 Å². The monoisotopic (exact) mass is 255 g/mol. The number of halogens is 4. The van der Waals surface area contributed by atoms with E-state index < -0.39 is 18.5 Å². The van der Waals surface area contributed by atoms with Gasteiger partial charge in [-0.1, -0.05) is 25.4 Å². The van der Waals surface area contributed by atoms with Gasteiger partial charge in [-0.15, -0.1) is 0 Å². The van der Waals surface area contributed by atoms with Crippen molar-refractivity contribution in [2.75, 3.05) is 0 Å². The minimum Gasteiger partial charge on any atom is -0.392 e. The molecule has 1 aromatic rings. The van der Waals surface area contributed by atoms with Gasteiger partial charge in [0.25, 0.3) is 0 Å². The minimum absolute atomic E-state index is 0.222. The molecule has 0 bridgehead atoms. The molecule has 0 saturated heterocycles. The molecule has 0 spiro atoms. The maximum absolute atomic E-state index is 12.2. The van der Waals surface area contributed by atoms with Gasteiger partial charge in [-0.25, -0.2) is 4.98 Å². The molecule has 1 heterocycles. The van der Waals surface area contributed by atoms with E-state index in [2.05, 4.69) is 4.98 Å². The summed E-state index contributed by atoms with van der Waals surface area (Å²) < 4.78 is 36.6. The van der Waals surface area contributed by atoms with Crippen molar-refractivity contribution >= 4 is 11.6 Å². The molecule has 0 aliphatic heterocycles. The molecular weight excluding hydrogens is 243 g/mol. The molecular formula is C10H13ClF3NO. The molecule has 0 fully saturated rings. The van der Waals surface area contributed by atoms with Crippen molar-refractivity contribution in [3.8, 4) is 0 Å². The standard InChI is InChI=1S/C8H7ClF3NO.C2H6/c1-4-2-6(8(10,11)12)13-7(9)5(4)3-14;1-2/h2,14H,3H2,1H3;1-2H3. The van der Waals surface area contributed by atoms with Gasteiger partial charge in [-0.05, 0) is 18.6 Å². The third kappa shape index (κ3) is 3.64. The summed E-state index contributed by atoms with van der Waals surface area (Å²) >= 11 is 5.47. The highest BCUT2D eigenvalue weighted by Gasteiger charge is 2.33. The van der Waals surface area contributed by atoms with E-state index in [0.717, 1.165) is 6.07 Å². The third-order valence-electron chi connectivity index (χ3n) is 1.75. The number of aryl methyl sites for hydroxylation is 1. The highest BCUT2D eigenvalue weighted by atomic mass is 35.5. The molecule has 0 aromatic carbocycles. The number of hydrogen-bond donors (Lipinski definition) is 1. The van der Waals surface area contributed by atoms with Crippen molar-refractivity contribution in [1.82, 2.24) is 4.98 Å². The summed E-state index contributed by atoms with van der Waals surface area (Å²) in [7, 11) is 0. The van der Waals surface area contributed by atoms with Crippen molar-refractivity contribution in [3.63, 3.8) is 0 Å². The second-order valence-electron chi connectivity index (χ2n) is 2.75. The van der Waals surface area contributed by atoms with Crippen LogP contribution in [-0.2, 0) is 12.8 Å². The summed E-state index contributed by atoms with van der Waals surface area (Å²) in [6.45, 7) is 5.02. The number of alkyl halides is 3. The highest BCUT2D eigenvalue weighted by Crippen LogP contribution is 2.31. The second kappa shape index (κ2) is 6.06. The summed E-state index contributed by atoms with van der Waals surface area (Å²) in [5.74, 6) is 0. The predicted molar refractivity (Wildman–Crippen MR) is 56.3 cm³/mol. The lowest BCUT2D eigenvalue weighted by Gasteiger charge is -2.10. The molecule has 1 N–H and O–H groups in total. The number of aromatic nitrogens is 1. The van der Waals surface area contributed by atoms with Crippen LogP contribution in [0.4, 0.5) is 13.2 Å². The van der Waals surface area contributed by atoms with Gasteiger partial charge in [0.2, 0.25) is 0 Å². The van der Waals surface area contributed by atoms with Crippen LogP contribution in [0.1, 0.15) is 30.7 Å². The van der Waals surface area contributed by atoms with Crippen LogP contribution < -0.4 is 0 Å². The summed E-state index contributed by atoms with van der Waals surface area (Å²) in [5.41, 5.74) is -0.545. The fourth-order valence-corrected chi connectivity index (χ4v) is 1.30. The molecule has 6 heteroatoms.